The Morgan fingerprint density at radius 2 is 2.16 bits per heavy atom. The van der Waals surface area contributed by atoms with Gasteiger partial charge in [0, 0.05) is 10.2 Å². The Morgan fingerprint density at radius 1 is 1.53 bits per heavy atom. The number of halogens is 1. The largest absolute Gasteiger partial charge is 0.465 e. The number of sulfonamides is 1. The van der Waals surface area contributed by atoms with Gasteiger partial charge in [-0.1, -0.05) is 0 Å². The Kier molecular flexibility index (Phi) is 5.33. The fourth-order valence-corrected chi connectivity index (χ4v) is 3.53. The lowest BCUT2D eigenvalue weighted by molar-refractivity contribution is -0.144. The normalized spacial score (nSPS) is 13.0. The molecule has 8 heteroatoms. The molecule has 1 aromatic carbocycles. The van der Waals surface area contributed by atoms with Gasteiger partial charge in [-0.3, -0.25) is 4.79 Å². The highest BCUT2D eigenvalue weighted by Crippen LogP contribution is 2.24. The van der Waals surface area contributed by atoms with Gasteiger partial charge in [0.05, 0.1) is 11.5 Å². The third-order valence-electron chi connectivity index (χ3n) is 2.22. The predicted octanol–water partition coefficient (Wildman–Crippen LogP) is 1.26. The van der Waals surface area contributed by atoms with Crippen molar-refractivity contribution in [3.8, 4) is 0 Å². The molecule has 1 unspecified atom stereocenters. The van der Waals surface area contributed by atoms with E-state index in [4.69, 9.17) is 10.5 Å². The summed E-state index contributed by atoms with van der Waals surface area (Å²) in [7, 11) is -3.85. The molecule has 0 aliphatic heterocycles. The summed E-state index contributed by atoms with van der Waals surface area (Å²) in [6.07, 6.45) is 0. The van der Waals surface area contributed by atoms with Crippen LogP contribution in [0.5, 0.6) is 0 Å². The van der Waals surface area contributed by atoms with E-state index in [-0.39, 0.29) is 11.5 Å². The molecule has 0 radical (unpaired) electrons. The first kappa shape index (κ1) is 15.9. The quantitative estimate of drug-likeness (QED) is 0.615. The second-order valence-electron chi connectivity index (χ2n) is 3.78. The van der Waals surface area contributed by atoms with Crippen LogP contribution in [0.3, 0.4) is 0 Å². The van der Waals surface area contributed by atoms with Gasteiger partial charge in [-0.25, -0.2) is 8.42 Å². The van der Waals surface area contributed by atoms with Gasteiger partial charge >= 0.3 is 5.97 Å². The second kappa shape index (κ2) is 6.36. The number of esters is 1. The number of nitrogens with one attached hydrogen (secondary N) is 1. The van der Waals surface area contributed by atoms with Crippen LogP contribution in [0, 0.1) is 0 Å². The van der Waals surface area contributed by atoms with Crippen LogP contribution in [0.1, 0.15) is 13.8 Å². The number of nitrogen functional groups attached to an aromatic ring is 1. The molecular formula is C11H15BrN2O4S. The number of ether oxygens (including phenoxy) is 1. The molecule has 0 fully saturated rings. The summed E-state index contributed by atoms with van der Waals surface area (Å²) < 4.78 is 31.6. The average Bonchev–Trinajstić information content (AvgIpc) is 2.31. The van der Waals surface area contributed by atoms with E-state index in [0.29, 0.717) is 10.2 Å². The Labute approximate surface area is 120 Å². The summed E-state index contributed by atoms with van der Waals surface area (Å²) in [5.41, 5.74) is 5.87. The molecular weight excluding hydrogens is 336 g/mol. The summed E-state index contributed by atoms with van der Waals surface area (Å²) in [5.74, 6) is -0.633. The molecule has 0 aliphatic rings. The van der Waals surface area contributed by atoms with E-state index < -0.39 is 22.0 Å². The zero-order valence-corrected chi connectivity index (χ0v) is 12.9. The van der Waals surface area contributed by atoms with Crippen LogP contribution in [0.15, 0.2) is 27.6 Å². The van der Waals surface area contributed by atoms with Crippen LogP contribution < -0.4 is 10.5 Å². The van der Waals surface area contributed by atoms with Crippen molar-refractivity contribution in [2.24, 2.45) is 0 Å². The van der Waals surface area contributed by atoms with Gasteiger partial charge in [0.25, 0.3) is 0 Å². The first-order valence-electron chi connectivity index (χ1n) is 5.52. The minimum absolute atomic E-state index is 0.0244. The van der Waals surface area contributed by atoms with Crippen LogP contribution >= 0.6 is 15.9 Å². The number of carbonyl (C=O) groups excluding carboxylic acids is 1. The van der Waals surface area contributed by atoms with Gasteiger partial charge in [0.1, 0.15) is 6.04 Å². The first-order valence-corrected chi connectivity index (χ1v) is 7.79. The zero-order chi connectivity index (χ0) is 14.6. The maximum atomic E-state index is 12.1. The first-order chi connectivity index (χ1) is 8.77. The molecule has 0 amide bonds. The van der Waals surface area contributed by atoms with E-state index >= 15 is 0 Å². The molecule has 0 saturated carbocycles. The molecule has 0 bridgehead atoms. The van der Waals surface area contributed by atoms with Crippen molar-refractivity contribution in [2.45, 2.75) is 24.8 Å². The standard InChI is InChI=1S/C11H15BrN2O4S/c1-3-18-11(15)7(2)14-19(16,17)10-6-8(13)4-5-9(10)12/h4-7,14H,3,13H2,1-2H3. The summed E-state index contributed by atoms with van der Waals surface area (Å²) in [5, 5.41) is 0. The van der Waals surface area contributed by atoms with Crippen molar-refractivity contribution in [2.75, 3.05) is 12.3 Å². The maximum absolute atomic E-state index is 12.1. The minimum atomic E-state index is -3.85. The van der Waals surface area contributed by atoms with Crippen molar-refractivity contribution in [3.63, 3.8) is 0 Å². The molecule has 1 aromatic rings. The number of rotatable bonds is 5. The molecule has 0 saturated heterocycles. The molecule has 0 aromatic heterocycles. The molecule has 6 nitrogen and oxygen atoms in total. The van der Waals surface area contributed by atoms with E-state index in [0.717, 1.165) is 0 Å². The fourth-order valence-electron chi connectivity index (χ4n) is 1.34. The average molecular weight is 351 g/mol. The molecule has 106 valence electrons. The lowest BCUT2D eigenvalue weighted by atomic mass is 10.3. The molecule has 19 heavy (non-hydrogen) atoms. The van der Waals surface area contributed by atoms with Crippen molar-refractivity contribution in [3.05, 3.63) is 22.7 Å². The Hall–Kier alpha value is -1.12. The summed E-state index contributed by atoms with van der Waals surface area (Å²) in [6.45, 7) is 3.25. The number of nitrogens with two attached hydrogens (primary N) is 1. The van der Waals surface area contributed by atoms with E-state index in [1.165, 1.54) is 19.1 Å². The van der Waals surface area contributed by atoms with Gasteiger partial charge in [0.2, 0.25) is 10.0 Å². The molecule has 3 N–H and O–H groups in total. The van der Waals surface area contributed by atoms with Gasteiger partial charge in [0.15, 0.2) is 0 Å². The lowest BCUT2D eigenvalue weighted by Crippen LogP contribution is -2.39. The smallest absolute Gasteiger partial charge is 0.323 e. The second-order valence-corrected chi connectivity index (χ2v) is 6.32. The molecule has 1 atom stereocenters. The summed E-state index contributed by atoms with van der Waals surface area (Å²) >= 11 is 3.13. The third kappa shape index (κ3) is 4.19. The topological polar surface area (TPSA) is 98.5 Å². The number of hydrogen-bond acceptors (Lipinski definition) is 5. The monoisotopic (exact) mass is 350 g/mol. The zero-order valence-electron chi connectivity index (χ0n) is 10.5. The highest BCUT2D eigenvalue weighted by atomic mass is 79.9. The minimum Gasteiger partial charge on any atom is -0.465 e. The number of anilines is 1. The Bertz CT molecular complexity index is 574. The van der Waals surface area contributed by atoms with Crippen LogP contribution in [0.25, 0.3) is 0 Å². The van der Waals surface area contributed by atoms with Crippen LogP contribution in [0.2, 0.25) is 0 Å². The Morgan fingerprint density at radius 3 is 2.74 bits per heavy atom. The van der Waals surface area contributed by atoms with Gasteiger partial charge in [-0.05, 0) is 48.0 Å². The number of carbonyl (C=O) groups is 1. The number of benzene rings is 1. The van der Waals surface area contributed by atoms with E-state index in [1.54, 1.807) is 13.0 Å². The lowest BCUT2D eigenvalue weighted by Gasteiger charge is -2.14. The highest BCUT2D eigenvalue weighted by molar-refractivity contribution is 9.10. The van der Waals surface area contributed by atoms with Crippen molar-refractivity contribution >= 4 is 37.6 Å². The number of hydrogen-bond donors (Lipinski definition) is 2. The van der Waals surface area contributed by atoms with Gasteiger partial charge in [-0.15, -0.1) is 0 Å². The third-order valence-corrected chi connectivity index (χ3v) is 4.75. The van der Waals surface area contributed by atoms with Crippen LogP contribution in [-0.2, 0) is 19.6 Å². The molecule has 0 aliphatic carbocycles. The van der Waals surface area contributed by atoms with Gasteiger partial charge in [-0.2, -0.15) is 4.72 Å². The molecule has 0 spiro atoms. The van der Waals surface area contributed by atoms with Gasteiger partial charge < -0.3 is 10.5 Å². The van der Waals surface area contributed by atoms with E-state index in [9.17, 15) is 13.2 Å². The summed E-state index contributed by atoms with van der Waals surface area (Å²) in [6, 6.07) is 3.43. The summed E-state index contributed by atoms with van der Waals surface area (Å²) in [4.78, 5) is 11.4. The molecule has 1 rings (SSSR count). The maximum Gasteiger partial charge on any atom is 0.323 e. The molecule has 0 heterocycles. The van der Waals surface area contributed by atoms with Crippen molar-refractivity contribution < 1.29 is 17.9 Å². The van der Waals surface area contributed by atoms with Crippen molar-refractivity contribution in [1.29, 1.82) is 0 Å². The van der Waals surface area contributed by atoms with E-state index in [1.807, 2.05) is 0 Å². The predicted molar refractivity (Wildman–Crippen MR) is 75.0 cm³/mol. The van der Waals surface area contributed by atoms with E-state index in [2.05, 4.69) is 20.7 Å². The van der Waals surface area contributed by atoms with Crippen LogP contribution in [-0.4, -0.2) is 27.0 Å². The van der Waals surface area contributed by atoms with Crippen molar-refractivity contribution in [1.82, 2.24) is 4.72 Å². The highest BCUT2D eigenvalue weighted by Gasteiger charge is 2.24. The SMILES string of the molecule is CCOC(=O)C(C)NS(=O)(=O)c1cc(N)ccc1Br. The Balaban J connectivity index is 2.99. The fraction of sp³-hybridized carbons (Fsp3) is 0.364. The van der Waals surface area contributed by atoms with Crippen LogP contribution in [0.4, 0.5) is 5.69 Å².